The number of aromatic hydroxyl groups is 2. The standard InChI is InChI=1S/C21H23N7O5/c22-20(32)15(6-13-8-23-10-25-13)28-21(33)16(7-14-9-24-11-26-14)27-19(31)4-2-12-1-3-17(29)18(30)5-12/h1-5,8-11,15-16,29-30H,6-7H2,(H2,22,32)(H,23,25)(H,24,26)(H,27,31)(H,28,33)/b4-2+/t15-,16-/m0/s1. The number of H-pyrrole nitrogens is 2. The Morgan fingerprint density at radius 2 is 1.61 bits per heavy atom. The van der Waals surface area contributed by atoms with Crippen LogP contribution in [0.4, 0.5) is 0 Å². The van der Waals surface area contributed by atoms with E-state index >= 15 is 0 Å². The van der Waals surface area contributed by atoms with Crippen LogP contribution >= 0.6 is 0 Å². The van der Waals surface area contributed by atoms with Crippen molar-refractivity contribution in [1.82, 2.24) is 30.6 Å². The maximum atomic E-state index is 12.9. The summed E-state index contributed by atoms with van der Waals surface area (Å²) >= 11 is 0. The minimum Gasteiger partial charge on any atom is -0.504 e. The molecule has 2 atom stereocenters. The monoisotopic (exact) mass is 453 g/mol. The fraction of sp³-hybridized carbons (Fsp3) is 0.190. The van der Waals surface area contributed by atoms with Gasteiger partial charge in [0.05, 0.1) is 12.7 Å². The Morgan fingerprint density at radius 1 is 0.970 bits per heavy atom. The molecule has 0 saturated carbocycles. The van der Waals surface area contributed by atoms with Crippen molar-refractivity contribution in [3.63, 3.8) is 0 Å². The topological polar surface area (TPSA) is 199 Å². The molecule has 3 amide bonds. The fourth-order valence-corrected chi connectivity index (χ4v) is 2.97. The molecule has 0 aliphatic carbocycles. The normalized spacial score (nSPS) is 12.8. The minimum atomic E-state index is -1.04. The number of carbonyl (C=O) groups is 3. The van der Waals surface area contributed by atoms with Crippen molar-refractivity contribution >= 4 is 23.8 Å². The van der Waals surface area contributed by atoms with Gasteiger partial charge in [-0.1, -0.05) is 6.07 Å². The van der Waals surface area contributed by atoms with E-state index in [1.807, 2.05) is 0 Å². The second-order valence-corrected chi connectivity index (χ2v) is 7.17. The molecule has 1 aromatic carbocycles. The molecule has 8 N–H and O–H groups in total. The zero-order valence-corrected chi connectivity index (χ0v) is 17.4. The molecule has 0 saturated heterocycles. The lowest BCUT2D eigenvalue weighted by Crippen LogP contribution is -2.54. The zero-order valence-electron chi connectivity index (χ0n) is 17.4. The summed E-state index contributed by atoms with van der Waals surface area (Å²) in [4.78, 5) is 50.7. The average Bonchev–Trinajstić information content (AvgIpc) is 3.48. The van der Waals surface area contributed by atoms with Crippen LogP contribution in [-0.4, -0.2) is 60.0 Å². The Labute approximate surface area is 188 Å². The van der Waals surface area contributed by atoms with Gasteiger partial charge < -0.3 is 36.5 Å². The van der Waals surface area contributed by atoms with E-state index in [1.165, 1.54) is 55.4 Å². The predicted octanol–water partition coefficient (Wildman–Crippen LogP) is -0.502. The maximum absolute atomic E-state index is 12.9. The third kappa shape index (κ3) is 6.69. The number of phenolic OH excluding ortho intramolecular Hbond substituents is 2. The molecule has 3 rings (SSSR count). The van der Waals surface area contributed by atoms with Gasteiger partial charge in [-0.15, -0.1) is 0 Å². The highest BCUT2D eigenvalue weighted by atomic mass is 16.3. The lowest BCUT2D eigenvalue weighted by atomic mass is 10.1. The van der Waals surface area contributed by atoms with E-state index < -0.39 is 29.8 Å². The van der Waals surface area contributed by atoms with Crippen LogP contribution in [0.25, 0.3) is 6.08 Å². The highest BCUT2D eigenvalue weighted by Gasteiger charge is 2.26. The number of aromatic amines is 2. The van der Waals surface area contributed by atoms with E-state index in [1.54, 1.807) is 0 Å². The summed E-state index contributed by atoms with van der Waals surface area (Å²) in [6, 6.07) is 2.00. The molecule has 0 bridgehead atoms. The third-order valence-corrected chi connectivity index (χ3v) is 4.68. The third-order valence-electron chi connectivity index (χ3n) is 4.68. The summed E-state index contributed by atoms with van der Waals surface area (Å²) in [5.74, 6) is -2.56. The second-order valence-electron chi connectivity index (χ2n) is 7.17. The Kier molecular flexibility index (Phi) is 7.42. The van der Waals surface area contributed by atoms with Crippen LogP contribution in [0.3, 0.4) is 0 Å². The number of carbonyl (C=O) groups excluding carboxylic acids is 3. The number of amides is 3. The molecule has 0 unspecified atom stereocenters. The lowest BCUT2D eigenvalue weighted by molar-refractivity contribution is -0.130. The highest BCUT2D eigenvalue weighted by molar-refractivity contribution is 5.96. The number of hydrogen-bond donors (Lipinski definition) is 7. The van der Waals surface area contributed by atoms with Crippen molar-refractivity contribution in [3.8, 4) is 11.5 Å². The number of rotatable bonds is 10. The van der Waals surface area contributed by atoms with Gasteiger partial charge in [-0.2, -0.15) is 0 Å². The summed E-state index contributed by atoms with van der Waals surface area (Å²) in [5.41, 5.74) is 7.09. The van der Waals surface area contributed by atoms with E-state index in [2.05, 4.69) is 30.6 Å². The Morgan fingerprint density at radius 3 is 2.15 bits per heavy atom. The van der Waals surface area contributed by atoms with E-state index in [-0.39, 0.29) is 24.3 Å². The number of nitrogens with zero attached hydrogens (tertiary/aromatic N) is 2. The molecule has 12 heteroatoms. The van der Waals surface area contributed by atoms with Crippen LogP contribution in [0.1, 0.15) is 17.0 Å². The van der Waals surface area contributed by atoms with Crippen LogP contribution in [0.15, 0.2) is 49.3 Å². The van der Waals surface area contributed by atoms with Gasteiger partial charge in [-0.3, -0.25) is 14.4 Å². The number of aromatic nitrogens is 4. The summed E-state index contributed by atoms with van der Waals surface area (Å²) in [6.07, 6.45) is 8.68. The van der Waals surface area contributed by atoms with Gasteiger partial charge in [0.2, 0.25) is 17.7 Å². The molecule has 0 aliphatic rings. The molecule has 2 heterocycles. The Bertz CT molecular complexity index is 1130. The summed E-state index contributed by atoms with van der Waals surface area (Å²) < 4.78 is 0. The average molecular weight is 453 g/mol. The number of nitrogens with two attached hydrogens (primary N) is 1. The first-order chi connectivity index (χ1) is 15.8. The zero-order chi connectivity index (χ0) is 23.8. The van der Waals surface area contributed by atoms with Crippen molar-refractivity contribution in [1.29, 1.82) is 0 Å². The number of imidazole rings is 2. The number of benzene rings is 1. The van der Waals surface area contributed by atoms with Crippen molar-refractivity contribution in [2.45, 2.75) is 24.9 Å². The molecule has 33 heavy (non-hydrogen) atoms. The van der Waals surface area contributed by atoms with Crippen LogP contribution in [0, 0.1) is 0 Å². The van der Waals surface area contributed by atoms with Crippen LogP contribution < -0.4 is 16.4 Å². The van der Waals surface area contributed by atoms with Crippen LogP contribution in [-0.2, 0) is 27.2 Å². The minimum absolute atomic E-state index is 0.0843. The van der Waals surface area contributed by atoms with Gasteiger partial charge in [0, 0.05) is 42.7 Å². The largest absolute Gasteiger partial charge is 0.504 e. The lowest BCUT2D eigenvalue weighted by Gasteiger charge is -2.21. The number of nitrogens with one attached hydrogen (secondary N) is 4. The van der Waals surface area contributed by atoms with Crippen molar-refractivity contribution in [2.75, 3.05) is 0 Å². The summed E-state index contributed by atoms with van der Waals surface area (Å²) in [5, 5.41) is 24.1. The Hall–Kier alpha value is -4.61. The van der Waals surface area contributed by atoms with E-state index in [9.17, 15) is 24.6 Å². The highest BCUT2D eigenvalue weighted by Crippen LogP contribution is 2.25. The number of primary amides is 1. The maximum Gasteiger partial charge on any atom is 0.244 e. The first-order valence-electron chi connectivity index (χ1n) is 9.86. The quantitative estimate of drug-likeness (QED) is 0.158. The van der Waals surface area contributed by atoms with Crippen LogP contribution in [0.5, 0.6) is 11.5 Å². The van der Waals surface area contributed by atoms with Gasteiger partial charge in [-0.25, -0.2) is 9.97 Å². The van der Waals surface area contributed by atoms with Gasteiger partial charge in [0.15, 0.2) is 11.5 Å². The molecular weight excluding hydrogens is 430 g/mol. The number of hydrogen-bond acceptors (Lipinski definition) is 7. The molecule has 0 spiro atoms. The van der Waals surface area contributed by atoms with Crippen LogP contribution in [0.2, 0.25) is 0 Å². The molecule has 0 aliphatic heterocycles. The molecule has 0 fully saturated rings. The molecule has 12 nitrogen and oxygen atoms in total. The van der Waals surface area contributed by atoms with Gasteiger partial charge in [0.1, 0.15) is 12.1 Å². The summed E-state index contributed by atoms with van der Waals surface area (Å²) in [7, 11) is 0. The predicted molar refractivity (Wildman–Crippen MR) is 116 cm³/mol. The van der Waals surface area contributed by atoms with Gasteiger partial charge in [-0.05, 0) is 23.8 Å². The Balaban J connectivity index is 1.70. The SMILES string of the molecule is NC(=O)[C@H](Cc1cnc[nH]1)NC(=O)[C@H](Cc1cnc[nH]1)NC(=O)/C=C/c1ccc(O)c(O)c1. The van der Waals surface area contributed by atoms with Crippen molar-refractivity contribution in [3.05, 3.63) is 66.3 Å². The smallest absolute Gasteiger partial charge is 0.244 e. The fourth-order valence-electron chi connectivity index (χ4n) is 2.97. The molecule has 0 radical (unpaired) electrons. The second kappa shape index (κ2) is 10.6. The molecule has 2 aromatic heterocycles. The molecule has 3 aromatic rings. The number of phenols is 2. The van der Waals surface area contributed by atoms with Crippen molar-refractivity contribution < 1.29 is 24.6 Å². The van der Waals surface area contributed by atoms with E-state index in [0.29, 0.717) is 17.0 Å². The van der Waals surface area contributed by atoms with Gasteiger partial charge >= 0.3 is 0 Å². The first kappa shape index (κ1) is 23.1. The van der Waals surface area contributed by atoms with E-state index in [4.69, 9.17) is 5.73 Å². The first-order valence-corrected chi connectivity index (χ1v) is 9.86. The molecular formula is C21H23N7O5. The molecule has 172 valence electrons. The van der Waals surface area contributed by atoms with Crippen molar-refractivity contribution in [2.24, 2.45) is 5.73 Å². The summed E-state index contributed by atoms with van der Waals surface area (Å²) in [6.45, 7) is 0. The van der Waals surface area contributed by atoms with E-state index in [0.717, 1.165) is 0 Å². The van der Waals surface area contributed by atoms with Gasteiger partial charge in [0.25, 0.3) is 0 Å².